The van der Waals surface area contributed by atoms with Crippen LogP contribution in [-0.4, -0.2) is 10.5 Å². The molecule has 0 spiro atoms. The van der Waals surface area contributed by atoms with E-state index in [1.165, 1.54) is 0 Å². The summed E-state index contributed by atoms with van der Waals surface area (Å²) < 4.78 is 2.04. The molecule has 25 heavy (non-hydrogen) atoms. The number of amides is 1. The van der Waals surface area contributed by atoms with Crippen LogP contribution >= 0.6 is 11.6 Å². The Kier molecular flexibility index (Phi) is 3.85. The summed E-state index contributed by atoms with van der Waals surface area (Å²) in [6, 6.07) is 13.2. The van der Waals surface area contributed by atoms with E-state index < -0.39 is 0 Å². The smallest absolute Gasteiger partial charge is 0.257 e. The maximum Gasteiger partial charge on any atom is 0.257 e. The van der Waals surface area contributed by atoms with Gasteiger partial charge in [-0.25, -0.2) is 0 Å². The lowest BCUT2D eigenvalue weighted by molar-refractivity contribution is 0.0949. The van der Waals surface area contributed by atoms with Crippen molar-refractivity contribution in [1.82, 2.24) is 9.88 Å². The number of aromatic nitrogens is 1. The van der Waals surface area contributed by atoms with Crippen molar-refractivity contribution < 1.29 is 4.79 Å². The number of pyridine rings is 1. The molecular formula is C20H17ClN2O2. The molecule has 126 valence electrons. The average molecular weight is 353 g/mol. The number of nitrogens with one attached hydrogen (secondary N) is 1. The number of carbonyl (C=O) groups is 1. The van der Waals surface area contributed by atoms with Crippen LogP contribution in [0.25, 0.3) is 10.9 Å². The van der Waals surface area contributed by atoms with E-state index >= 15 is 0 Å². The molecule has 1 amide bonds. The largest absolute Gasteiger partial charge is 0.348 e. The molecule has 3 aromatic rings. The standard InChI is InChI=1S/C20H17ClN2O2/c1-12-9-14-3-2-4-16-18(14)23(12)11-17(19(16)24)20(25)22-10-13-5-7-15(21)8-6-13/h2-8,11-12H,9-10H2,1H3,(H,22,25)/t12-/m0/s1. The van der Waals surface area contributed by atoms with Gasteiger partial charge in [0.1, 0.15) is 5.56 Å². The lowest BCUT2D eigenvalue weighted by atomic mass is 10.1. The zero-order valence-corrected chi connectivity index (χ0v) is 14.5. The Morgan fingerprint density at radius 3 is 2.76 bits per heavy atom. The number of benzene rings is 2. The third-order valence-corrected chi connectivity index (χ3v) is 4.99. The topological polar surface area (TPSA) is 51.1 Å². The van der Waals surface area contributed by atoms with E-state index in [4.69, 9.17) is 11.6 Å². The Morgan fingerprint density at radius 1 is 1.24 bits per heavy atom. The maximum atomic E-state index is 12.8. The van der Waals surface area contributed by atoms with Gasteiger partial charge in [0.15, 0.2) is 0 Å². The summed E-state index contributed by atoms with van der Waals surface area (Å²) >= 11 is 5.87. The minimum Gasteiger partial charge on any atom is -0.348 e. The van der Waals surface area contributed by atoms with Gasteiger partial charge in [-0.1, -0.05) is 35.9 Å². The van der Waals surface area contributed by atoms with E-state index in [-0.39, 0.29) is 22.9 Å². The second-order valence-electron chi connectivity index (χ2n) is 6.45. The van der Waals surface area contributed by atoms with Crippen LogP contribution < -0.4 is 10.7 Å². The molecule has 1 N–H and O–H groups in total. The molecule has 0 saturated heterocycles. The van der Waals surface area contributed by atoms with Crippen LogP contribution in [0.15, 0.2) is 53.5 Å². The minimum absolute atomic E-state index is 0.187. The highest BCUT2D eigenvalue weighted by Crippen LogP contribution is 2.30. The first-order valence-electron chi connectivity index (χ1n) is 8.24. The van der Waals surface area contributed by atoms with Crippen LogP contribution in [0.4, 0.5) is 0 Å². The Labute approximate surface area is 150 Å². The van der Waals surface area contributed by atoms with Gasteiger partial charge in [-0.3, -0.25) is 9.59 Å². The highest BCUT2D eigenvalue weighted by Gasteiger charge is 2.24. The monoisotopic (exact) mass is 352 g/mol. The number of rotatable bonds is 3. The van der Waals surface area contributed by atoms with Crippen molar-refractivity contribution in [2.24, 2.45) is 0 Å². The Bertz CT molecular complexity index is 1040. The first-order valence-corrected chi connectivity index (χ1v) is 8.62. The van der Waals surface area contributed by atoms with Crippen molar-refractivity contribution in [2.75, 3.05) is 0 Å². The first kappa shape index (κ1) is 15.9. The van der Waals surface area contributed by atoms with E-state index in [1.54, 1.807) is 24.4 Å². The molecule has 1 atom stereocenters. The summed E-state index contributed by atoms with van der Waals surface area (Å²) in [4.78, 5) is 25.4. The highest BCUT2D eigenvalue weighted by molar-refractivity contribution is 6.30. The van der Waals surface area contributed by atoms with Gasteiger partial charge in [-0.15, -0.1) is 0 Å². The molecule has 4 rings (SSSR count). The number of halogens is 1. The zero-order valence-electron chi connectivity index (χ0n) is 13.8. The number of nitrogens with zero attached hydrogens (tertiary/aromatic N) is 1. The molecular weight excluding hydrogens is 336 g/mol. The molecule has 0 aliphatic carbocycles. The summed E-state index contributed by atoms with van der Waals surface area (Å²) in [6.07, 6.45) is 2.58. The molecule has 0 saturated carbocycles. The van der Waals surface area contributed by atoms with Gasteiger partial charge in [-0.05, 0) is 42.7 Å². The average Bonchev–Trinajstić information content (AvgIpc) is 2.93. The van der Waals surface area contributed by atoms with Crippen LogP contribution in [-0.2, 0) is 13.0 Å². The Hall–Kier alpha value is -2.59. The van der Waals surface area contributed by atoms with Gasteiger partial charge in [0.2, 0.25) is 5.43 Å². The summed E-state index contributed by atoms with van der Waals surface area (Å²) in [7, 11) is 0. The van der Waals surface area contributed by atoms with Crippen molar-refractivity contribution >= 4 is 28.4 Å². The molecule has 1 aliphatic rings. The van der Waals surface area contributed by atoms with Crippen LogP contribution in [0.2, 0.25) is 5.02 Å². The van der Waals surface area contributed by atoms with Crippen LogP contribution in [0.5, 0.6) is 0 Å². The van der Waals surface area contributed by atoms with E-state index in [2.05, 4.69) is 12.2 Å². The molecule has 1 aromatic heterocycles. The highest BCUT2D eigenvalue weighted by atomic mass is 35.5. The molecule has 4 nitrogen and oxygen atoms in total. The van der Waals surface area contributed by atoms with Crippen LogP contribution in [0.3, 0.4) is 0 Å². The van der Waals surface area contributed by atoms with Gasteiger partial charge in [-0.2, -0.15) is 0 Å². The third kappa shape index (κ3) is 2.72. The number of hydrogen-bond donors (Lipinski definition) is 1. The lowest BCUT2D eigenvalue weighted by Gasteiger charge is -2.12. The summed E-state index contributed by atoms with van der Waals surface area (Å²) in [5, 5.41) is 4.09. The molecule has 0 unspecified atom stereocenters. The number of carbonyl (C=O) groups excluding carboxylic acids is 1. The molecule has 2 heterocycles. The normalized spacial score (nSPS) is 15.5. The maximum absolute atomic E-state index is 12.8. The van der Waals surface area contributed by atoms with E-state index in [9.17, 15) is 9.59 Å². The van der Waals surface area contributed by atoms with Crippen LogP contribution in [0, 0.1) is 0 Å². The van der Waals surface area contributed by atoms with Crippen molar-refractivity contribution in [3.63, 3.8) is 0 Å². The van der Waals surface area contributed by atoms with Gasteiger partial charge in [0.25, 0.3) is 5.91 Å². The quantitative estimate of drug-likeness (QED) is 0.781. The second kappa shape index (κ2) is 6.05. The fourth-order valence-corrected chi connectivity index (χ4v) is 3.58. The molecule has 0 fully saturated rings. The predicted octanol–water partition coefficient (Wildman–Crippen LogP) is 3.70. The SMILES string of the molecule is C[C@H]1Cc2cccc3c(=O)c(C(=O)NCc4ccc(Cl)cc4)cn1c23. The van der Waals surface area contributed by atoms with E-state index in [0.717, 1.165) is 23.1 Å². The summed E-state index contributed by atoms with van der Waals surface area (Å²) in [5.41, 5.74) is 3.02. The summed E-state index contributed by atoms with van der Waals surface area (Å²) in [5.74, 6) is -0.352. The molecule has 1 aliphatic heterocycles. The predicted molar refractivity (Wildman–Crippen MR) is 99.2 cm³/mol. The molecule has 2 aromatic carbocycles. The Balaban J connectivity index is 1.68. The summed E-state index contributed by atoms with van der Waals surface area (Å²) in [6.45, 7) is 2.45. The fourth-order valence-electron chi connectivity index (χ4n) is 3.46. The number of hydrogen-bond acceptors (Lipinski definition) is 2. The van der Waals surface area contributed by atoms with Crippen molar-refractivity contribution in [3.05, 3.63) is 80.6 Å². The van der Waals surface area contributed by atoms with Crippen molar-refractivity contribution in [1.29, 1.82) is 0 Å². The van der Waals surface area contributed by atoms with E-state index in [0.29, 0.717) is 17.0 Å². The minimum atomic E-state index is -0.352. The zero-order chi connectivity index (χ0) is 17.6. The van der Waals surface area contributed by atoms with Crippen molar-refractivity contribution in [3.8, 4) is 0 Å². The second-order valence-corrected chi connectivity index (χ2v) is 6.89. The van der Waals surface area contributed by atoms with Gasteiger partial charge < -0.3 is 9.88 Å². The fraction of sp³-hybridized carbons (Fsp3) is 0.200. The molecule has 0 radical (unpaired) electrons. The molecule has 0 bridgehead atoms. The van der Waals surface area contributed by atoms with Gasteiger partial charge >= 0.3 is 0 Å². The van der Waals surface area contributed by atoms with E-state index in [1.807, 2.05) is 28.8 Å². The van der Waals surface area contributed by atoms with Crippen molar-refractivity contribution in [2.45, 2.75) is 25.9 Å². The van der Waals surface area contributed by atoms with Gasteiger partial charge in [0.05, 0.1) is 5.52 Å². The number of para-hydroxylation sites is 1. The third-order valence-electron chi connectivity index (χ3n) is 4.74. The lowest BCUT2D eigenvalue weighted by Crippen LogP contribution is -2.29. The Morgan fingerprint density at radius 2 is 2.00 bits per heavy atom. The van der Waals surface area contributed by atoms with Crippen LogP contribution in [0.1, 0.15) is 34.5 Å². The molecule has 5 heteroatoms. The van der Waals surface area contributed by atoms with Gasteiger partial charge in [0, 0.05) is 29.2 Å². The first-order chi connectivity index (χ1) is 12.0.